The van der Waals surface area contributed by atoms with Crippen molar-refractivity contribution < 1.29 is 9.53 Å². The van der Waals surface area contributed by atoms with Gasteiger partial charge in [-0.2, -0.15) is 0 Å². The summed E-state index contributed by atoms with van der Waals surface area (Å²) < 4.78 is 5.71. The smallest absolute Gasteiger partial charge is 0.162 e. The van der Waals surface area contributed by atoms with E-state index in [1.807, 2.05) is 37.3 Å². The third-order valence-electron chi connectivity index (χ3n) is 3.20. The van der Waals surface area contributed by atoms with Gasteiger partial charge in [-0.05, 0) is 30.5 Å². The lowest BCUT2D eigenvalue weighted by molar-refractivity contribution is 0.0987. The molecular weight excluding hydrogens is 248 g/mol. The number of benzene rings is 2. The van der Waals surface area contributed by atoms with Gasteiger partial charge in [-0.25, -0.2) is 0 Å². The van der Waals surface area contributed by atoms with E-state index in [0.29, 0.717) is 13.0 Å². The Hall–Kier alpha value is -2.09. The van der Waals surface area contributed by atoms with Gasteiger partial charge < -0.3 is 4.74 Å². The monoisotopic (exact) mass is 268 g/mol. The van der Waals surface area contributed by atoms with Crippen molar-refractivity contribution in [3.8, 4) is 5.75 Å². The number of Topliss-reactive ketones (excluding diaryl/α,β-unsaturated/α-hetero) is 1. The summed E-state index contributed by atoms with van der Waals surface area (Å²) in [5, 5.41) is 0. The van der Waals surface area contributed by atoms with Crippen molar-refractivity contribution in [1.29, 1.82) is 0 Å². The number of aryl methyl sites for hydroxylation is 1. The van der Waals surface area contributed by atoms with Gasteiger partial charge in [0, 0.05) is 12.0 Å². The summed E-state index contributed by atoms with van der Waals surface area (Å²) in [6, 6.07) is 17.8. The Balaban J connectivity index is 1.81. The number of hydrogen-bond acceptors (Lipinski definition) is 2. The Kier molecular flexibility index (Phi) is 5.36. The normalized spacial score (nSPS) is 10.2. The molecule has 0 spiro atoms. The minimum Gasteiger partial charge on any atom is -0.494 e. The van der Waals surface area contributed by atoms with E-state index in [1.165, 1.54) is 5.56 Å². The largest absolute Gasteiger partial charge is 0.494 e. The van der Waals surface area contributed by atoms with Crippen molar-refractivity contribution in [3.05, 3.63) is 65.7 Å². The summed E-state index contributed by atoms with van der Waals surface area (Å²) >= 11 is 0. The molecule has 0 aliphatic heterocycles. The molecule has 0 aliphatic carbocycles. The van der Waals surface area contributed by atoms with Crippen molar-refractivity contribution in [1.82, 2.24) is 0 Å². The average molecular weight is 268 g/mol. The van der Waals surface area contributed by atoms with Crippen LogP contribution in [0.15, 0.2) is 54.6 Å². The van der Waals surface area contributed by atoms with Crippen LogP contribution in [0.1, 0.15) is 35.7 Å². The number of ketones is 1. The minimum absolute atomic E-state index is 0.153. The Morgan fingerprint density at radius 1 is 1.05 bits per heavy atom. The number of carbonyl (C=O) groups excluding carboxylic acids is 1. The van der Waals surface area contributed by atoms with Gasteiger partial charge in [-0.15, -0.1) is 0 Å². The van der Waals surface area contributed by atoms with E-state index in [2.05, 4.69) is 24.3 Å². The summed E-state index contributed by atoms with van der Waals surface area (Å²) in [4.78, 5) is 11.6. The van der Waals surface area contributed by atoms with Crippen LogP contribution in [0.5, 0.6) is 5.75 Å². The second-order valence-corrected chi connectivity index (χ2v) is 4.74. The van der Waals surface area contributed by atoms with Crippen molar-refractivity contribution in [2.75, 3.05) is 6.61 Å². The molecule has 2 aromatic carbocycles. The summed E-state index contributed by atoms with van der Waals surface area (Å²) in [5.41, 5.74) is 2.05. The fourth-order valence-electron chi connectivity index (χ4n) is 2.07. The third kappa shape index (κ3) is 4.23. The van der Waals surface area contributed by atoms with Crippen molar-refractivity contribution >= 4 is 5.78 Å². The molecule has 2 nitrogen and oxygen atoms in total. The first-order valence-corrected chi connectivity index (χ1v) is 7.09. The fraction of sp³-hybridized carbons (Fsp3) is 0.278. The third-order valence-corrected chi connectivity index (χ3v) is 3.20. The summed E-state index contributed by atoms with van der Waals surface area (Å²) in [7, 11) is 0. The summed E-state index contributed by atoms with van der Waals surface area (Å²) in [6.45, 7) is 2.54. The summed E-state index contributed by atoms with van der Waals surface area (Å²) in [5.74, 6) is 0.928. The molecule has 0 radical (unpaired) electrons. The molecule has 20 heavy (non-hydrogen) atoms. The van der Waals surface area contributed by atoms with Gasteiger partial charge in [-0.3, -0.25) is 4.79 Å². The first-order valence-electron chi connectivity index (χ1n) is 7.09. The SMILES string of the molecule is CCC(=O)c1cccc(OCCCc2ccccc2)c1. The maximum absolute atomic E-state index is 11.6. The Morgan fingerprint density at radius 2 is 1.85 bits per heavy atom. The van der Waals surface area contributed by atoms with Crippen molar-refractivity contribution in [3.63, 3.8) is 0 Å². The highest BCUT2D eigenvalue weighted by molar-refractivity contribution is 5.96. The van der Waals surface area contributed by atoms with Crippen LogP contribution in [0.4, 0.5) is 0 Å². The second kappa shape index (κ2) is 7.49. The molecule has 2 aromatic rings. The van der Waals surface area contributed by atoms with Crippen LogP contribution in [0.3, 0.4) is 0 Å². The van der Waals surface area contributed by atoms with Gasteiger partial charge in [0.2, 0.25) is 0 Å². The number of hydrogen-bond donors (Lipinski definition) is 0. The lowest BCUT2D eigenvalue weighted by Gasteiger charge is -2.07. The molecule has 0 fully saturated rings. The van der Waals surface area contributed by atoms with E-state index in [0.717, 1.165) is 24.2 Å². The van der Waals surface area contributed by atoms with Gasteiger partial charge in [0.1, 0.15) is 5.75 Å². The quantitative estimate of drug-likeness (QED) is 0.553. The number of rotatable bonds is 7. The van der Waals surface area contributed by atoms with Crippen LogP contribution < -0.4 is 4.74 Å². The molecule has 0 bridgehead atoms. The fourth-order valence-corrected chi connectivity index (χ4v) is 2.07. The highest BCUT2D eigenvalue weighted by Crippen LogP contribution is 2.15. The van der Waals surface area contributed by atoms with Gasteiger partial charge in [0.15, 0.2) is 5.78 Å². The maximum atomic E-state index is 11.6. The molecule has 0 aliphatic rings. The van der Waals surface area contributed by atoms with Gasteiger partial charge in [0.25, 0.3) is 0 Å². The zero-order valence-corrected chi connectivity index (χ0v) is 11.8. The van der Waals surface area contributed by atoms with Crippen molar-refractivity contribution in [2.45, 2.75) is 26.2 Å². The number of ether oxygens (including phenoxy) is 1. The van der Waals surface area contributed by atoms with Gasteiger partial charge in [-0.1, -0.05) is 49.4 Å². The maximum Gasteiger partial charge on any atom is 0.162 e. The minimum atomic E-state index is 0.153. The molecule has 0 atom stereocenters. The van der Waals surface area contributed by atoms with Crippen LogP contribution in [-0.4, -0.2) is 12.4 Å². The zero-order chi connectivity index (χ0) is 14.2. The van der Waals surface area contributed by atoms with Crippen LogP contribution >= 0.6 is 0 Å². The molecule has 2 heteroatoms. The van der Waals surface area contributed by atoms with E-state index in [9.17, 15) is 4.79 Å². The Bertz CT molecular complexity index is 546. The lowest BCUT2D eigenvalue weighted by Crippen LogP contribution is -2.01. The molecular formula is C18H20O2. The lowest BCUT2D eigenvalue weighted by atomic mass is 10.1. The Morgan fingerprint density at radius 3 is 2.60 bits per heavy atom. The van der Waals surface area contributed by atoms with Crippen molar-refractivity contribution in [2.24, 2.45) is 0 Å². The standard InChI is InChI=1S/C18H20O2/c1-2-18(19)16-11-6-12-17(14-16)20-13-7-10-15-8-4-3-5-9-15/h3-6,8-9,11-12,14H,2,7,10,13H2,1H3. The van der Waals surface area contributed by atoms with Crippen LogP contribution in [0, 0.1) is 0 Å². The topological polar surface area (TPSA) is 26.3 Å². The second-order valence-electron chi connectivity index (χ2n) is 4.74. The van der Waals surface area contributed by atoms with E-state index in [1.54, 1.807) is 0 Å². The molecule has 0 saturated carbocycles. The van der Waals surface area contributed by atoms with Gasteiger partial charge in [0.05, 0.1) is 6.61 Å². The molecule has 0 amide bonds. The highest BCUT2D eigenvalue weighted by Gasteiger charge is 2.04. The molecule has 0 heterocycles. The molecule has 104 valence electrons. The van der Waals surface area contributed by atoms with Crippen LogP contribution in [0.2, 0.25) is 0 Å². The van der Waals surface area contributed by atoms with E-state index in [-0.39, 0.29) is 5.78 Å². The molecule has 0 N–H and O–H groups in total. The molecule has 0 saturated heterocycles. The first kappa shape index (κ1) is 14.3. The zero-order valence-electron chi connectivity index (χ0n) is 11.8. The van der Waals surface area contributed by atoms with E-state index < -0.39 is 0 Å². The first-order chi connectivity index (χ1) is 9.79. The van der Waals surface area contributed by atoms with Gasteiger partial charge >= 0.3 is 0 Å². The summed E-state index contributed by atoms with van der Waals surface area (Å²) in [6.07, 6.45) is 2.50. The molecule has 0 unspecified atom stereocenters. The number of carbonyl (C=O) groups is 1. The highest BCUT2D eigenvalue weighted by atomic mass is 16.5. The van der Waals surface area contributed by atoms with Crippen LogP contribution in [-0.2, 0) is 6.42 Å². The molecule has 2 rings (SSSR count). The predicted octanol–water partition coefficient (Wildman–Crippen LogP) is 4.29. The van der Waals surface area contributed by atoms with Crippen LogP contribution in [0.25, 0.3) is 0 Å². The average Bonchev–Trinajstić information content (AvgIpc) is 2.52. The Labute approximate surface area is 120 Å². The predicted molar refractivity (Wildman–Crippen MR) is 81.3 cm³/mol. The van der Waals surface area contributed by atoms with E-state index in [4.69, 9.17) is 4.74 Å². The molecule has 0 aromatic heterocycles. The van der Waals surface area contributed by atoms with E-state index >= 15 is 0 Å².